The highest BCUT2D eigenvalue weighted by Gasteiger charge is 2.15. The Kier molecular flexibility index (Phi) is 5.65. The Morgan fingerprint density at radius 1 is 1.13 bits per heavy atom. The van der Waals surface area contributed by atoms with E-state index in [0.717, 1.165) is 27.7 Å². The van der Waals surface area contributed by atoms with E-state index >= 15 is 0 Å². The molecule has 0 aliphatic carbocycles. The van der Waals surface area contributed by atoms with Crippen molar-refractivity contribution in [1.29, 1.82) is 0 Å². The van der Waals surface area contributed by atoms with Crippen LogP contribution in [0.5, 0.6) is 11.5 Å². The van der Waals surface area contributed by atoms with Gasteiger partial charge in [-0.15, -0.1) is 0 Å². The van der Waals surface area contributed by atoms with Crippen LogP contribution in [0.25, 0.3) is 16.0 Å². The SMILES string of the molecule is CCOc1ccc(CNC(=O)c2cc(=O)n3c(nc4cc(C)c(C)cc43)s2)cc1OC. The van der Waals surface area contributed by atoms with Gasteiger partial charge in [0.2, 0.25) is 0 Å². The number of methoxy groups -OCH3 is 1. The predicted molar refractivity (Wildman–Crippen MR) is 122 cm³/mol. The number of benzene rings is 2. The lowest BCUT2D eigenvalue weighted by atomic mass is 10.1. The van der Waals surface area contributed by atoms with E-state index in [-0.39, 0.29) is 11.5 Å². The minimum absolute atomic E-state index is 0.271. The first-order valence-corrected chi connectivity index (χ1v) is 10.7. The lowest BCUT2D eigenvalue weighted by molar-refractivity contribution is 0.0954. The Morgan fingerprint density at radius 3 is 2.65 bits per heavy atom. The van der Waals surface area contributed by atoms with Gasteiger partial charge in [0.25, 0.3) is 11.5 Å². The van der Waals surface area contributed by atoms with Gasteiger partial charge in [0.1, 0.15) is 4.88 Å². The molecule has 160 valence electrons. The van der Waals surface area contributed by atoms with Crippen LogP contribution in [0.2, 0.25) is 0 Å². The van der Waals surface area contributed by atoms with Crippen LogP contribution in [-0.2, 0) is 6.54 Å². The third kappa shape index (κ3) is 3.98. The van der Waals surface area contributed by atoms with Crippen molar-refractivity contribution in [3.8, 4) is 11.5 Å². The number of carbonyl (C=O) groups excluding carboxylic acids is 1. The van der Waals surface area contributed by atoms with Crippen molar-refractivity contribution in [3.05, 3.63) is 68.3 Å². The monoisotopic (exact) mass is 437 g/mol. The molecule has 2 aromatic carbocycles. The summed E-state index contributed by atoms with van der Waals surface area (Å²) in [6.07, 6.45) is 0. The maximum absolute atomic E-state index is 12.8. The van der Waals surface area contributed by atoms with Crippen molar-refractivity contribution in [2.24, 2.45) is 0 Å². The van der Waals surface area contributed by atoms with Gasteiger partial charge in [-0.1, -0.05) is 17.4 Å². The molecule has 0 spiro atoms. The summed E-state index contributed by atoms with van der Waals surface area (Å²) in [5, 5.41) is 2.86. The molecule has 2 heterocycles. The highest BCUT2D eigenvalue weighted by atomic mass is 32.1. The number of amides is 1. The number of fused-ring (bicyclic) bond motifs is 3. The highest BCUT2D eigenvalue weighted by molar-refractivity contribution is 7.18. The van der Waals surface area contributed by atoms with Crippen molar-refractivity contribution in [2.75, 3.05) is 13.7 Å². The van der Waals surface area contributed by atoms with E-state index in [9.17, 15) is 9.59 Å². The summed E-state index contributed by atoms with van der Waals surface area (Å²) in [7, 11) is 1.57. The minimum atomic E-state index is -0.322. The molecule has 0 bridgehead atoms. The number of ether oxygens (including phenoxy) is 2. The van der Waals surface area contributed by atoms with E-state index in [1.165, 1.54) is 17.4 Å². The molecule has 1 N–H and O–H groups in total. The van der Waals surface area contributed by atoms with Gasteiger partial charge in [0, 0.05) is 12.6 Å². The zero-order chi connectivity index (χ0) is 22.1. The van der Waals surface area contributed by atoms with Gasteiger partial charge in [0.15, 0.2) is 16.5 Å². The van der Waals surface area contributed by atoms with E-state index in [4.69, 9.17) is 9.47 Å². The highest BCUT2D eigenvalue weighted by Crippen LogP contribution is 2.28. The average Bonchev–Trinajstić information content (AvgIpc) is 3.10. The van der Waals surface area contributed by atoms with Crippen molar-refractivity contribution in [1.82, 2.24) is 14.7 Å². The zero-order valence-electron chi connectivity index (χ0n) is 17.8. The molecule has 0 atom stereocenters. The van der Waals surface area contributed by atoms with Crippen LogP contribution in [0.1, 0.15) is 33.3 Å². The fourth-order valence-electron chi connectivity index (χ4n) is 3.37. The Labute approximate surface area is 183 Å². The molecule has 0 fully saturated rings. The van der Waals surface area contributed by atoms with Gasteiger partial charge in [0.05, 0.1) is 24.8 Å². The molecule has 4 rings (SSSR count). The summed E-state index contributed by atoms with van der Waals surface area (Å²) in [4.78, 5) is 30.9. The summed E-state index contributed by atoms with van der Waals surface area (Å²) in [5.74, 6) is 0.937. The Bertz CT molecular complexity index is 1360. The van der Waals surface area contributed by atoms with Crippen LogP contribution in [0.4, 0.5) is 0 Å². The van der Waals surface area contributed by atoms with E-state index < -0.39 is 0 Å². The molecule has 0 aliphatic heterocycles. The van der Waals surface area contributed by atoms with Crippen LogP contribution in [0.15, 0.2) is 41.2 Å². The van der Waals surface area contributed by atoms with E-state index in [0.29, 0.717) is 34.5 Å². The van der Waals surface area contributed by atoms with Crippen LogP contribution < -0.4 is 20.3 Å². The standard InChI is InChI=1S/C23H23N3O4S/c1-5-30-18-7-6-15(10-19(18)29-4)12-24-22(28)20-11-21(27)26-17-9-14(3)13(2)8-16(17)25-23(26)31-20/h6-11H,5,12H2,1-4H3,(H,24,28). The normalized spacial score (nSPS) is 11.1. The fourth-order valence-corrected chi connectivity index (χ4v) is 4.32. The smallest absolute Gasteiger partial charge is 0.261 e. The molecule has 4 aromatic rings. The summed E-state index contributed by atoms with van der Waals surface area (Å²) >= 11 is 1.19. The number of rotatable bonds is 6. The van der Waals surface area contributed by atoms with Gasteiger partial charge >= 0.3 is 0 Å². The first kappa shape index (κ1) is 20.9. The van der Waals surface area contributed by atoms with Crippen LogP contribution in [0, 0.1) is 13.8 Å². The molecule has 0 radical (unpaired) electrons. The summed E-state index contributed by atoms with van der Waals surface area (Å²) < 4.78 is 12.4. The Hall–Kier alpha value is -3.39. The summed E-state index contributed by atoms with van der Waals surface area (Å²) in [6.45, 7) is 6.74. The second-order valence-corrected chi connectivity index (χ2v) is 8.21. The number of hydrogen-bond donors (Lipinski definition) is 1. The second-order valence-electron chi connectivity index (χ2n) is 7.20. The number of aryl methyl sites for hydroxylation is 2. The third-order valence-electron chi connectivity index (χ3n) is 5.12. The number of imidazole rings is 1. The quantitative estimate of drug-likeness (QED) is 0.495. The molecule has 1 amide bonds. The number of nitrogens with zero attached hydrogens (tertiary/aromatic N) is 2. The Morgan fingerprint density at radius 2 is 1.90 bits per heavy atom. The minimum Gasteiger partial charge on any atom is -0.493 e. The summed E-state index contributed by atoms with van der Waals surface area (Å²) in [5.41, 5.74) is 4.29. The van der Waals surface area contributed by atoms with E-state index in [1.807, 2.05) is 51.1 Å². The molecule has 0 saturated carbocycles. The third-order valence-corrected chi connectivity index (χ3v) is 6.10. The summed E-state index contributed by atoms with van der Waals surface area (Å²) in [6, 6.07) is 10.8. The molecule has 0 aliphatic rings. The lowest BCUT2D eigenvalue weighted by Gasteiger charge is -2.11. The zero-order valence-corrected chi connectivity index (χ0v) is 18.6. The molecule has 0 saturated heterocycles. The van der Waals surface area contributed by atoms with Gasteiger partial charge in [-0.2, -0.15) is 0 Å². The largest absolute Gasteiger partial charge is 0.493 e. The maximum atomic E-state index is 12.8. The van der Waals surface area contributed by atoms with Crippen molar-refractivity contribution in [3.63, 3.8) is 0 Å². The van der Waals surface area contributed by atoms with Crippen LogP contribution in [0.3, 0.4) is 0 Å². The van der Waals surface area contributed by atoms with Crippen molar-refractivity contribution in [2.45, 2.75) is 27.3 Å². The van der Waals surface area contributed by atoms with Crippen molar-refractivity contribution >= 4 is 33.2 Å². The van der Waals surface area contributed by atoms with Gasteiger partial charge in [-0.3, -0.25) is 14.0 Å². The average molecular weight is 438 g/mol. The molecule has 31 heavy (non-hydrogen) atoms. The van der Waals surface area contributed by atoms with E-state index in [1.54, 1.807) is 11.5 Å². The number of carbonyl (C=O) groups is 1. The number of hydrogen-bond acceptors (Lipinski definition) is 6. The molecule has 7 nitrogen and oxygen atoms in total. The van der Waals surface area contributed by atoms with Gasteiger partial charge in [-0.05, 0) is 61.7 Å². The fraction of sp³-hybridized carbons (Fsp3) is 0.261. The lowest BCUT2D eigenvalue weighted by Crippen LogP contribution is -2.24. The first-order chi connectivity index (χ1) is 14.9. The molecular formula is C23H23N3O4S. The van der Waals surface area contributed by atoms with Crippen LogP contribution in [-0.4, -0.2) is 29.0 Å². The van der Waals surface area contributed by atoms with Crippen molar-refractivity contribution < 1.29 is 14.3 Å². The van der Waals surface area contributed by atoms with Gasteiger partial charge in [-0.25, -0.2) is 4.98 Å². The molecule has 2 aromatic heterocycles. The van der Waals surface area contributed by atoms with Gasteiger partial charge < -0.3 is 14.8 Å². The first-order valence-electron chi connectivity index (χ1n) is 9.92. The predicted octanol–water partition coefficient (Wildman–Crippen LogP) is 3.86. The number of aromatic nitrogens is 2. The van der Waals surface area contributed by atoms with Crippen LogP contribution >= 0.6 is 11.3 Å². The molecule has 0 unspecified atom stereocenters. The second kappa shape index (κ2) is 8.39. The number of nitrogens with one attached hydrogen (secondary N) is 1. The molecule has 8 heteroatoms. The molecular weight excluding hydrogens is 414 g/mol. The topological polar surface area (TPSA) is 81.9 Å². The maximum Gasteiger partial charge on any atom is 0.261 e. The van der Waals surface area contributed by atoms with E-state index in [2.05, 4.69) is 10.3 Å². The Balaban J connectivity index is 1.59.